The third kappa shape index (κ3) is 3.95. The molecule has 0 N–H and O–H groups in total. The molecule has 1 saturated heterocycles. The number of hydrogen-bond acceptors (Lipinski definition) is 3. The number of nitrogens with zero attached hydrogens (tertiary/aromatic N) is 3. The first-order valence-corrected chi connectivity index (χ1v) is 9.08. The van der Waals surface area contributed by atoms with E-state index in [-0.39, 0.29) is 12.5 Å². The zero-order chi connectivity index (χ0) is 18.7. The van der Waals surface area contributed by atoms with Gasteiger partial charge in [-0.1, -0.05) is 31.2 Å². The molecule has 6 nitrogen and oxygen atoms in total. The fourth-order valence-corrected chi connectivity index (χ4v) is 3.29. The van der Waals surface area contributed by atoms with Crippen molar-refractivity contribution in [2.24, 2.45) is 5.92 Å². The highest BCUT2D eigenvalue weighted by molar-refractivity contribution is 5.76. The Kier molecular flexibility index (Phi) is 5.40. The van der Waals surface area contributed by atoms with Crippen molar-refractivity contribution in [2.75, 3.05) is 13.1 Å². The first kappa shape index (κ1) is 18.2. The highest BCUT2D eigenvalue weighted by atomic mass is 16.2. The van der Waals surface area contributed by atoms with Gasteiger partial charge in [-0.05, 0) is 36.8 Å². The van der Waals surface area contributed by atoms with Gasteiger partial charge in [0, 0.05) is 25.4 Å². The molecule has 1 aliphatic heterocycles. The van der Waals surface area contributed by atoms with Crippen LogP contribution in [0.25, 0.3) is 0 Å². The predicted octanol–water partition coefficient (Wildman–Crippen LogP) is 1.63. The van der Waals surface area contributed by atoms with E-state index in [1.807, 2.05) is 31.2 Å². The molecule has 138 valence electrons. The molecular weight excluding hydrogens is 330 g/mol. The van der Waals surface area contributed by atoms with Crippen LogP contribution in [0, 0.1) is 12.8 Å². The number of carbonyl (C=O) groups excluding carboxylic acids is 1. The van der Waals surface area contributed by atoms with Gasteiger partial charge in [-0.3, -0.25) is 18.7 Å². The average molecular weight is 355 g/mol. The molecule has 0 spiro atoms. The molecule has 0 bridgehead atoms. The summed E-state index contributed by atoms with van der Waals surface area (Å²) < 4.78 is 2.52. The van der Waals surface area contributed by atoms with Crippen molar-refractivity contribution in [3.05, 3.63) is 68.5 Å². The number of aromatic nitrogens is 2. The Balaban J connectivity index is 1.82. The van der Waals surface area contributed by atoms with Crippen LogP contribution >= 0.6 is 0 Å². The van der Waals surface area contributed by atoms with Gasteiger partial charge in [0.05, 0.1) is 6.54 Å². The smallest absolute Gasteiger partial charge is 0.331 e. The summed E-state index contributed by atoms with van der Waals surface area (Å²) in [6, 6.07) is 9.16. The summed E-state index contributed by atoms with van der Waals surface area (Å²) in [5.74, 6) is 0.453. The summed E-state index contributed by atoms with van der Waals surface area (Å²) >= 11 is 0. The van der Waals surface area contributed by atoms with Gasteiger partial charge in [-0.15, -0.1) is 0 Å². The molecule has 0 aliphatic carbocycles. The van der Waals surface area contributed by atoms with Crippen molar-refractivity contribution < 1.29 is 4.79 Å². The molecule has 2 heterocycles. The van der Waals surface area contributed by atoms with Crippen molar-refractivity contribution in [3.63, 3.8) is 0 Å². The van der Waals surface area contributed by atoms with Gasteiger partial charge in [0.15, 0.2) is 0 Å². The molecule has 1 aliphatic rings. The second-order valence-electron chi connectivity index (χ2n) is 7.14. The minimum atomic E-state index is -0.445. The first-order valence-electron chi connectivity index (χ1n) is 9.08. The first-order chi connectivity index (χ1) is 12.5. The average Bonchev–Trinajstić information content (AvgIpc) is 2.63. The second kappa shape index (κ2) is 7.72. The van der Waals surface area contributed by atoms with Gasteiger partial charge in [0.25, 0.3) is 5.56 Å². The van der Waals surface area contributed by atoms with E-state index in [9.17, 15) is 14.4 Å². The number of rotatable bonds is 4. The van der Waals surface area contributed by atoms with Crippen LogP contribution in [0.4, 0.5) is 0 Å². The molecule has 0 atom stereocenters. The Labute approximate surface area is 152 Å². The van der Waals surface area contributed by atoms with E-state index in [0.29, 0.717) is 25.6 Å². The Bertz CT molecular complexity index is 905. The minimum Gasteiger partial charge on any atom is -0.341 e. The van der Waals surface area contributed by atoms with Crippen molar-refractivity contribution in [2.45, 2.75) is 39.8 Å². The maximum Gasteiger partial charge on any atom is 0.331 e. The lowest BCUT2D eigenvalue weighted by atomic mass is 9.99. The van der Waals surface area contributed by atoms with Crippen molar-refractivity contribution in [3.8, 4) is 0 Å². The number of aryl methyl sites for hydroxylation is 1. The quantitative estimate of drug-likeness (QED) is 0.837. The molecule has 3 rings (SSSR count). The lowest BCUT2D eigenvalue weighted by Gasteiger charge is -2.30. The predicted molar refractivity (Wildman–Crippen MR) is 100 cm³/mol. The van der Waals surface area contributed by atoms with Crippen LogP contribution in [-0.4, -0.2) is 33.0 Å². The highest BCUT2D eigenvalue weighted by Gasteiger charge is 2.21. The van der Waals surface area contributed by atoms with Gasteiger partial charge >= 0.3 is 5.69 Å². The van der Waals surface area contributed by atoms with E-state index in [1.54, 1.807) is 4.90 Å². The summed E-state index contributed by atoms with van der Waals surface area (Å²) in [5, 5.41) is 0. The van der Waals surface area contributed by atoms with Crippen molar-refractivity contribution in [1.82, 2.24) is 14.0 Å². The van der Waals surface area contributed by atoms with Crippen LogP contribution in [0.3, 0.4) is 0 Å². The van der Waals surface area contributed by atoms with Gasteiger partial charge < -0.3 is 4.90 Å². The summed E-state index contributed by atoms with van der Waals surface area (Å²) in [6.07, 6.45) is 3.43. The minimum absolute atomic E-state index is 0.162. The summed E-state index contributed by atoms with van der Waals surface area (Å²) in [7, 11) is 0. The molecule has 0 saturated carbocycles. The topological polar surface area (TPSA) is 64.3 Å². The number of piperidine rings is 1. The normalized spacial score (nSPS) is 15.2. The van der Waals surface area contributed by atoms with Crippen LogP contribution < -0.4 is 11.2 Å². The SMILES string of the molecule is Cc1ccccc1Cn1ccc(=O)n(CC(=O)N2CCC(C)CC2)c1=O. The molecule has 1 aromatic heterocycles. The lowest BCUT2D eigenvalue weighted by Crippen LogP contribution is -2.46. The zero-order valence-corrected chi connectivity index (χ0v) is 15.4. The number of hydrogen-bond donors (Lipinski definition) is 0. The fraction of sp³-hybridized carbons (Fsp3) is 0.450. The standard InChI is InChI=1S/C20H25N3O3/c1-15-7-10-21(11-8-15)19(25)14-23-18(24)9-12-22(20(23)26)13-17-6-4-3-5-16(17)2/h3-6,9,12,15H,7-8,10-11,13-14H2,1-2H3. The van der Waals surface area contributed by atoms with Gasteiger partial charge in [0.1, 0.15) is 6.54 Å². The second-order valence-corrected chi connectivity index (χ2v) is 7.14. The van der Waals surface area contributed by atoms with E-state index in [4.69, 9.17) is 0 Å². The van der Waals surface area contributed by atoms with Gasteiger partial charge in [-0.2, -0.15) is 0 Å². The number of likely N-dealkylation sites (tertiary alicyclic amines) is 1. The Hall–Kier alpha value is -2.63. The maximum absolute atomic E-state index is 12.7. The van der Waals surface area contributed by atoms with Crippen LogP contribution in [0.15, 0.2) is 46.1 Å². The number of carbonyl (C=O) groups is 1. The van der Waals surface area contributed by atoms with Crippen molar-refractivity contribution in [1.29, 1.82) is 0 Å². The van der Waals surface area contributed by atoms with E-state index < -0.39 is 11.2 Å². The monoisotopic (exact) mass is 355 g/mol. The lowest BCUT2D eigenvalue weighted by molar-refractivity contribution is -0.133. The van der Waals surface area contributed by atoms with Gasteiger partial charge in [-0.25, -0.2) is 4.79 Å². The summed E-state index contributed by atoms with van der Waals surface area (Å²) in [4.78, 5) is 39.2. The van der Waals surface area contributed by atoms with Gasteiger partial charge in [0.2, 0.25) is 5.91 Å². The molecule has 0 radical (unpaired) electrons. The Morgan fingerprint density at radius 2 is 1.81 bits per heavy atom. The molecule has 0 unspecified atom stereocenters. The van der Waals surface area contributed by atoms with E-state index >= 15 is 0 Å². The Morgan fingerprint density at radius 3 is 2.50 bits per heavy atom. The highest BCUT2D eigenvalue weighted by Crippen LogP contribution is 2.16. The number of benzene rings is 1. The molecule has 1 amide bonds. The number of amides is 1. The summed E-state index contributed by atoms with van der Waals surface area (Å²) in [5.41, 5.74) is 1.21. The van der Waals surface area contributed by atoms with E-state index in [1.165, 1.54) is 16.8 Å². The molecule has 1 fully saturated rings. The largest absolute Gasteiger partial charge is 0.341 e. The molecule has 26 heavy (non-hydrogen) atoms. The molecule has 2 aromatic rings. The van der Waals surface area contributed by atoms with E-state index in [2.05, 4.69) is 6.92 Å². The molecule has 1 aromatic carbocycles. The van der Waals surface area contributed by atoms with Crippen LogP contribution in [0.1, 0.15) is 30.9 Å². The molecule has 6 heteroatoms. The third-order valence-electron chi connectivity index (χ3n) is 5.17. The van der Waals surface area contributed by atoms with Crippen LogP contribution in [-0.2, 0) is 17.9 Å². The Morgan fingerprint density at radius 1 is 1.12 bits per heavy atom. The maximum atomic E-state index is 12.7. The van der Waals surface area contributed by atoms with Crippen molar-refractivity contribution >= 4 is 5.91 Å². The summed E-state index contributed by atoms with van der Waals surface area (Å²) in [6.45, 7) is 5.73. The van der Waals surface area contributed by atoms with Crippen LogP contribution in [0.5, 0.6) is 0 Å². The van der Waals surface area contributed by atoms with Crippen LogP contribution in [0.2, 0.25) is 0 Å². The third-order valence-corrected chi connectivity index (χ3v) is 5.17. The molecular formula is C20H25N3O3. The fourth-order valence-electron chi connectivity index (χ4n) is 3.29. The van der Waals surface area contributed by atoms with E-state index in [0.717, 1.165) is 28.5 Å². The zero-order valence-electron chi connectivity index (χ0n) is 15.4.